The first-order valence-corrected chi connectivity index (χ1v) is 7.32. The number of nitrogens with one attached hydrogen (secondary N) is 1. The molecular formula is C13H12N2O3S. The molecule has 0 aliphatic heterocycles. The summed E-state index contributed by atoms with van der Waals surface area (Å²) in [5, 5.41) is 9.73. The fraction of sp³-hybridized carbons (Fsp3) is 0.154. The molecule has 0 bridgehead atoms. The van der Waals surface area contributed by atoms with E-state index >= 15 is 0 Å². The number of nitrogens with zero attached hydrogens (tertiary/aromatic N) is 1. The standard InChI is InChI=1S/C13H12N2O3S/c1-18-11-3-4-13-9(6-11)5-10(15-13)7-12(8-14)19(2,16)17/h3-7,15H,1-2H3/b12-7-. The summed E-state index contributed by atoms with van der Waals surface area (Å²) >= 11 is 0. The summed E-state index contributed by atoms with van der Waals surface area (Å²) < 4.78 is 27.8. The van der Waals surface area contributed by atoms with Crippen LogP contribution < -0.4 is 4.74 Å². The van der Waals surface area contributed by atoms with Crippen molar-refractivity contribution in [3.63, 3.8) is 0 Å². The van der Waals surface area contributed by atoms with Gasteiger partial charge in [-0.25, -0.2) is 8.42 Å². The van der Waals surface area contributed by atoms with Gasteiger partial charge in [0.1, 0.15) is 16.7 Å². The number of fused-ring (bicyclic) bond motifs is 1. The number of rotatable bonds is 3. The van der Waals surface area contributed by atoms with Gasteiger partial charge in [0.25, 0.3) is 0 Å². The molecule has 0 aliphatic rings. The quantitative estimate of drug-likeness (QED) is 0.870. The highest BCUT2D eigenvalue weighted by atomic mass is 32.2. The van der Waals surface area contributed by atoms with E-state index in [1.54, 1.807) is 25.3 Å². The lowest BCUT2D eigenvalue weighted by atomic mass is 10.2. The maximum Gasteiger partial charge on any atom is 0.185 e. The fourth-order valence-electron chi connectivity index (χ4n) is 1.70. The van der Waals surface area contributed by atoms with Crippen LogP contribution in [-0.2, 0) is 9.84 Å². The van der Waals surface area contributed by atoms with Crippen LogP contribution in [0, 0.1) is 11.3 Å². The number of sulfone groups is 1. The number of hydrogen-bond donors (Lipinski definition) is 1. The second kappa shape index (κ2) is 4.78. The number of nitriles is 1. The van der Waals surface area contributed by atoms with Crippen LogP contribution in [0.15, 0.2) is 29.2 Å². The zero-order valence-electron chi connectivity index (χ0n) is 10.5. The fourth-order valence-corrected chi connectivity index (χ4v) is 2.21. The number of ether oxygens (including phenoxy) is 1. The van der Waals surface area contributed by atoms with Gasteiger partial charge in [0.15, 0.2) is 9.84 Å². The van der Waals surface area contributed by atoms with Gasteiger partial charge >= 0.3 is 0 Å². The molecule has 0 spiro atoms. The van der Waals surface area contributed by atoms with Crippen molar-refractivity contribution in [1.82, 2.24) is 4.98 Å². The lowest BCUT2D eigenvalue weighted by Crippen LogP contribution is -1.98. The van der Waals surface area contributed by atoms with Gasteiger partial charge in [0, 0.05) is 22.9 Å². The van der Waals surface area contributed by atoms with Gasteiger partial charge in [0.05, 0.1) is 7.11 Å². The first-order chi connectivity index (χ1) is 8.94. The molecule has 1 aromatic heterocycles. The Morgan fingerprint density at radius 2 is 2.16 bits per heavy atom. The largest absolute Gasteiger partial charge is 0.497 e. The number of aromatic nitrogens is 1. The van der Waals surface area contributed by atoms with Crippen molar-refractivity contribution < 1.29 is 13.2 Å². The molecule has 0 saturated heterocycles. The third-order valence-electron chi connectivity index (χ3n) is 2.65. The number of aromatic amines is 1. The summed E-state index contributed by atoms with van der Waals surface area (Å²) in [5.74, 6) is 0.714. The van der Waals surface area contributed by atoms with Gasteiger partial charge in [-0.2, -0.15) is 5.26 Å². The maximum absolute atomic E-state index is 11.4. The summed E-state index contributed by atoms with van der Waals surface area (Å²) in [6.07, 6.45) is 2.33. The highest BCUT2D eigenvalue weighted by Gasteiger charge is 2.11. The summed E-state index contributed by atoms with van der Waals surface area (Å²) in [4.78, 5) is 2.76. The van der Waals surface area contributed by atoms with E-state index in [-0.39, 0.29) is 4.91 Å². The first-order valence-electron chi connectivity index (χ1n) is 5.42. The Kier molecular flexibility index (Phi) is 3.32. The Labute approximate surface area is 111 Å². The van der Waals surface area contributed by atoms with Crippen LogP contribution in [0.5, 0.6) is 5.75 Å². The molecule has 2 aromatic rings. The SMILES string of the molecule is COc1ccc2[nH]c(/C=C(/C#N)S(C)(=O)=O)cc2c1. The van der Waals surface area contributed by atoms with E-state index in [1.165, 1.54) is 6.08 Å². The van der Waals surface area contributed by atoms with Crippen molar-refractivity contribution in [1.29, 1.82) is 5.26 Å². The van der Waals surface area contributed by atoms with Crippen LogP contribution in [0.25, 0.3) is 17.0 Å². The minimum absolute atomic E-state index is 0.272. The molecule has 0 radical (unpaired) electrons. The van der Waals surface area contributed by atoms with Crippen molar-refractivity contribution >= 4 is 26.8 Å². The molecule has 0 fully saturated rings. The van der Waals surface area contributed by atoms with Crippen molar-refractivity contribution in [2.75, 3.05) is 13.4 Å². The van der Waals surface area contributed by atoms with Gasteiger partial charge in [0.2, 0.25) is 0 Å². The zero-order chi connectivity index (χ0) is 14.0. The first kappa shape index (κ1) is 13.2. The number of H-pyrrole nitrogens is 1. The van der Waals surface area contributed by atoms with Crippen LogP contribution in [0.4, 0.5) is 0 Å². The molecule has 98 valence electrons. The van der Waals surface area contributed by atoms with Gasteiger partial charge in [-0.15, -0.1) is 0 Å². The molecule has 0 saturated carbocycles. The van der Waals surface area contributed by atoms with Crippen molar-refractivity contribution in [3.8, 4) is 11.8 Å². The van der Waals surface area contributed by atoms with E-state index in [0.717, 1.165) is 17.2 Å². The molecule has 0 atom stereocenters. The summed E-state index contributed by atoms with van der Waals surface area (Å²) in [7, 11) is -1.93. The van der Waals surface area contributed by atoms with Gasteiger partial charge in [-0.3, -0.25) is 0 Å². The highest BCUT2D eigenvalue weighted by Crippen LogP contribution is 2.22. The molecule has 1 aromatic carbocycles. The highest BCUT2D eigenvalue weighted by molar-refractivity contribution is 7.95. The van der Waals surface area contributed by atoms with Crippen LogP contribution in [0.1, 0.15) is 5.69 Å². The normalized spacial score (nSPS) is 12.4. The van der Waals surface area contributed by atoms with E-state index in [0.29, 0.717) is 11.4 Å². The lowest BCUT2D eigenvalue weighted by Gasteiger charge is -1.97. The van der Waals surface area contributed by atoms with E-state index in [9.17, 15) is 8.42 Å². The average molecular weight is 276 g/mol. The Balaban J connectivity index is 2.53. The van der Waals surface area contributed by atoms with Crippen molar-refractivity contribution in [3.05, 3.63) is 34.9 Å². The third-order valence-corrected chi connectivity index (χ3v) is 3.65. The molecule has 0 unspecified atom stereocenters. The Morgan fingerprint density at radius 1 is 1.42 bits per heavy atom. The minimum atomic E-state index is -3.51. The van der Waals surface area contributed by atoms with Crippen LogP contribution in [0.2, 0.25) is 0 Å². The molecule has 0 amide bonds. The smallest absolute Gasteiger partial charge is 0.185 e. The molecule has 2 rings (SSSR count). The van der Waals surface area contributed by atoms with E-state index in [4.69, 9.17) is 10.00 Å². The van der Waals surface area contributed by atoms with Crippen LogP contribution in [-0.4, -0.2) is 26.8 Å². The maximum atomic E-state index is 11.4. The van der Waals surface area contributed by atoms with Gasteiger partial charge in [-0.1, -0.05) is 0 Å². The molecule has 0 aliphatic carbocycles. The molecule has 1 N–H and O–H groups in total. The number of methoxy groups -OCH3 is 1. The summed E-state index contributed by atoms with van der Waals surface area (Å²) in [6.45, 7) is 0. The molecule has 19 heavy (non-hydrogen) atoms. The van der Waals surface area contributed by atoms with Gasteiger partial charge < -0.3 is 9.72 Å². The summed E-state index contributed by atoms with van der Waals surface area (Å²) in [5.41, 5.74) is 1.41. The second-order valence-electron chi connectivity index (χ2n) is 4.07. The van der Waals surface area contributed by atoms with Crippen LogP contribution >= 0.6 is 0 Å². The second-order valence-corrected chi connectivity index (χ2v) is 6.05. The van der Waals surface area contributed by atoms with Crippen molar-refractivity contribution in [2.45, 2.75) is 0 Å². The predicted molar refractivity (Wildman–Crippen MR) is 73.3 cm³/mol. The molecule has 1 heterocycles. The number of benzene rings is 1. The monoisotopic (exact) mass is 276 g/mol. The molecule has 5 nitrogen and oxygen atoms in total. The number of hydrogen-bond acceptors (Lipinski definition) is 4. The van der Waals surface area contributed by atoms with E-state index in [2.05, 4.69) is 4.98 Å². The topological polar surface area (TPSA) is 82.9 Å². The Hall–Kier alpha value is -2.26. The minimum Gasteiger partial charge on any atom is -0.497 e. The van der Waals surface area contributed by atoms with Crippen molar-refractivity contribution in [2.24, 2.45) is 0 Å². The number of allylic oxidation sites excluding steroid dienone is 1. The molecule has 6 heteroatoms. The van der Waals surface area contributed by atoms with E-state index in [1.807, 2.05) is 12.1 Å². The Morgan fingerprint density at radius 3 is 2.74 bits per heavy atom. The summed E-state index contributed by atoms with van der Waals surface area (Å²) in [6, 6.07) is 8.91. The third kappa shape index (κ3) is 2.77. The predicted octanol–water partition coefficient (Wildman–Crippen LogP) is 2.09. The van der Waals surface area contributed by atoms with Crippen LogP contribution in [0.3, 0.4) is 0 Å². The average Bonchev–Trinajstić information content (AvgIpc) is 2.75. The molecular weight excluding hydrogens is 264 g/mol. The van der Waals surface area contributed by atoms with E-state index < -0.39 is 9.84 Å². The zero-order valence-corrected chi connectivity index (χ0v) is 11.3. The lowest BCUT2D eigenvalue weighted by molar-refractivity contribution is 0.415. The van der Waals surface area contributed by atoms with Gasteiger partial charge in [-0.05, 0) is 30.3 Å². The Bertz CT molecular complexity index is 795.